The Morgan fingerprint density at radius 3 is 2.53 bits per heavy atom. The normalized spacial score (nSPS) is 16.1. The Balaban J connectivity index is 1.65. The van der Waals surface area contributed by atoms with E-state index in [1.165, 1.54) is 0 Å². The third-order valence-corrected chi connectivity index (χ3v) is 5.59. The lowest BCUT2D eigenvalue weighted by Gasteiger charge is -2.13. The number of hydrogen-bond acceptors (Lipinski definition) is 5. The van der Waals surface area contributed by atoms with Crippen molar-refractivity contribution >= 4 is 40.6 Å². The van der Waals surface area contributed by atoms with Gasteiger partial charge in [-0.2, -0.15) is 0 Å². The van der Waals surface area contributed by atoms with Crippen molar-refractivity contribution in [2.24, 2.45) is 0 Å². The Morgan fingerprint density at radius 1 is 1.17 bits per heavy atom. The molecule has 2 aromatic carbocycles. The number of ether oxygens (including phenoxy) is 1. The molecule has 1 atom stereocenters. The van der Waals surface area contributed by atoms with Gasteiger partial charge < -0.3 is 10.1 Å². The summed E-state index contributed by atoms with van der Waals surface area (Å²) in [5, 5.41) is 2.29. The molecular formula is C23H24N2O4S. The Kier molecular flexibility index (Phi) is 6.95. The van der Waals surface area contributed by atoms with Crippen LogP contribution in [0.4, 0.5) is 10.5 Å². The van der Waals surface area contributed by atoms with Crippen LogP contribution in [0.1, 0.15) is 31.4 Å². The second-order valence-corrected chi connectivity index (χ2v) is 8.03. The Bertz CT molecular complexity index is 985. The van der Waals surface area contributed by atoms with Gasteiger partial charge in [-0.25, -0.2) is 0 Å². The fourth-order valence-electron chi connectivity index (χ4n) is 2.79. The van der Waals surface area contributed by atoms with E-state index in [9.17, 15) is 14.4 Å². The standard InChI is InChI=1S/C23H24N2O4S/c1-4-16(3)29-18-11-9-17(10-12-18)13-20-22(27)25(23(28)30-20)14-21(26)24-19-8-6-5-7-15(19)2/h5-13,16H,4,14H2,1-3H3,(H,24,26)/b20-13-. The largest absolute Gasteiger partial charge is 0.491 e. The quantitative estimate of drug-likeness (QED) is 0.643. The average molecular weight is 425 g/mol. The van der Waals surface area contributed by atoms with Gasteiger partial charge in [0.1, 0.15) is 12.3 Å². The molecule has 7 heteroatoms. The highest BCUT2D eigenvalue weighted by Gasteiger charge is 2.36. The summed E-state index contributed by atoms with van der Waals surface area (Å²) in [6, 6.07) is 14.6. The number of anilines is 1. The van der Waals surface area contributed by atoms with Gasteiger partial charge in [0.15, 0.2) is 0 Å². The van der Waals surface area contributed by atoms with E-state index in [1.807, 2.05) is 56.3 Å². The molecular weight excluding hydrogens is 400 g/mol. The van der Waals surface area contributed by atoms with E-state index in [0.717, 1.165) is 40.0 Å². The molecule has 0 aromatic heterocycles. The van der Waals surface area contributed by atoms with Crippen molar-refractivity contribution in [2.45, 2.75) is 33.3 Å². The lowest BCUT2D eigenvalue weighted by molar-refractivity contribution is -0.127. The van der Waals surface area contributed by atoms with Crippen LogP contribution in [0.2, 0.25) is 0 Å². The summed E-state index contributed by atoms with van der Waals surface area (Å²) in [5.74, 6) is -0.133. The molecule has 30 heavy (non-hydrogen) atoms. The van der Waals surface area contributed by atoms with Gasteiger partial charge in [0.2, 0.25) is 5.91 Å². The molecule has 0 spiro atoms. The van der Waals surface area contributed by atoms with Gasteiger partial charge in [-0.1, -0.05) is 37.3 Å². The van der Waals surface area contributed by atoms with E-state index in [2.05, 4.69) is 12.2 Å². The van der Waals surface area contributed by atoms with Crippen molar-refractivity contribution in [1.82, 2.24) is 4.90 Å². The monoisotopic (exact) mass is 424 g/mol. The van der Waals surface area contributed by atoms with Gasteiger partial charge in [-0.3, -0.25) is 19.3 Å². The highest BCUT2D eigenvalue weighted by Crippen LogP contribution is 2.32. The first-order valence-corrected chi connectivity index (χ1v) is 10.6. The smallest absolute Gasteiger partial charge is 0.294 e. The number of nitrogens with one attached hydrogen (secondary N) is 1. The molecule has 1 saturated heterocycles. The molecule has 3 amide bonds. The second kappa shape index (κ2) is 9.63. The first kappa shape index (κ1) is 21.6. The molecule has 1 aliphatic rings. The van der Waals surface area contributed by atoms with E-state index in [0.29, 0.717) is 10.6 Å². The van der Waals surface area contributed by atoms with Crippen LogP contribution in [-0.2, 0) is 9.59 Å². The van der Waals surface area contributed by atoms with Crippen LogP contribution in [0.3, 0.4) is 0 Å². The third-order valence-electron chi connectivity index (χ3n) is 4.68. The predicted molar refractivity (Wildman–Crippen MR) is 119 cm³/mol. The Hall–Kier alpha value is -3.06. The van der Waals surface area contributed by atoms with E-state index < -0.39 is 17.1 Å². The molecule has 1 unspecified atom stereocenters. The molecule has 6 nitrogen and oxygen atoms in total. The van der Waals surface area contributed by atoms with E-state index in [1.54, 1.807) is 12.1 Å². The molecule has 0 aliphatic carbocycles. The molecule has 0 radical (unpaired) electrons. The summed E-state index contributed by atoms with van der Waals surface area (Å²) < 4.78 is 5.75. The van der Waals surface area contributed by atoms with Crippen LogP contribution in [-0.4, -0.2) is 34.6 Å². The number of carbonyl (C=O) groups excluding carboxylic acids is 3. The van der Waals surface area contributed by atoms with E-state index in [4.69, 9.17) is 4.74 Å². The minimum absolute atomic E-state index is 0.123. The Labute approximate surface area is 180 Å². The first-order valence-electron chi connectivity index (χ1n) is 9.75. The number of para-hydroxylation sites is 1. The zero-order valence-corrected chi connectivity index (χ0v) is 18.0. The van der Waals surface area contributed by atoms with Crippen molar-refractivity contribution < 1.29 is 19.1 Å². The van der Waals surface area contributed by atoms with Crippen molar-refractivity contribution in [3.05, 3.63) is 64.6 Å². The molecule has 1 heterocycles. The summed E-state index contributed by atoms with van der Waals surface area (Å²) in [5.41, 5.74) is 2.34. The molecule has 3 rings (SSSR count). The van der Waals surface area contributed by atoms with Crippen LogP contribution in [0.5, 0.6) is 5.75 Å². The van der Waals surface area contributed by atoms with Crippen molar-refractivity contribution in [1.29, 1.82) is 0 Å². The van der Waals surface area contributed by atoms with Crippen LogP contribution >= 0.6 is 11.8 Å². The minimum atomic E-state index is -0.468. The summed E-state index contributed by atoms with van der Waals surface area (Å²) in [6.07, 6.45) is 2.68. The van der Waals surface area contributed by atoms with Crippen LogP contribution < -0.4 is 10.1 Å². The van der Waals surface area contributed by atoms with Crippen molar-refractivity contribution in [3.63, 3.8) is 0 Å². The van der Waals surface area contributed by atoms with Crippen LogP contribution in [0.15, 0.2) is 53.4 Å². The zero-order valence-electron chi connectivity index (χ0n) is 17.2. The maximum Gasteiger partial charge on any atom is 0.294 e. The third kappa shape index (κ3) is 5.30. The van der Waals surface area contributed by atoms with Gasteiger partial charge in [-0.05, 0) is 67.4 Å². The molecule has 2 aromatic rings. The van der Waals surface area contributed by atoms with E-state index in [-0.39, 0.29) is 12.6 Å². The number of hydrogen-bond donors (Lipinski definition) is 1. The molecule has 1 N–H and O–H groups in total. The fourth-order valence-corrected chi connectivity index (χ4v) is 3.63. The number of benzene rings is 2. The molecule has 0 saturated carbocycles. The summed E-state index contributed by atoms with van der Waals surface area (Å²) >= 11 is 0.834. The first-order chi connectivity index (χ1) is 14.4. The summed E-state index contributed by atoms with van der Waals surface area (Å²) in [7, 11) is 0. The molecule has 156 valence electrons. The van der Waals surface area contributed by atoms with E-state index >= 15 is 0 Å². The lowest BCUT2D eigenvalue weighted by Crippen LogP contribution is -2.36. The number of nitrogens with zero attached hydrogens (tertiary/aromatic N) is 1. The number of rotatable bonds is 7. The SMILES string of the molecule is CCC(C)Oc1ccc(/C=C2\SC(=O)N(CC(=O)Nc3ccccc3C)C2=O)cc1. The summed E-state index contributed by atoms with van der Waals surface area (Å²) in [6.45, 7) is 5.60. The van der Waals surface area contributed by atoms with Gasteiger partial charge in [0, 0.05) is 5.69 Å². The number of thioether (sulfide) groups is 1. The van der Waals surface area contributed by atoms with Crippen LogP contribution in [0.25, 0.3) is 6.08 Å². The average Bonchev–Trinajstić information content (AvgIpc) is 2.98. The van der Waals surface area contributed by atoms with Gasteiger partial charge in [0.05, 0.1) is 11.0 Å². The Morgan fingerprint density at radius 2 is 1.87 bits per heavy atom. The number of carbonyl (C=O) groups is 3. The zero-order chi connectivity index (χ0) is 21.7. The highest BCUT2D eigenvalue weighted by molar-refractivity contribution is 8.18. The minimum Gasteiger partial charge on any atom is -0.491 e. The number of aryl methyl sites for hydroxylation is 1. The van der Waals surface area contributed by atoms with Gasteiger partial charge in [0.25, 0.3) is 11.1 Å². The molecule has 1 aliphatic heterocycles. The molecule has 0 bridgehead atoms. The molecule has 1 fully saturated rings. The maximum absolute atomic E-state index is 12.6. The fraction of sp³-hybridized carbons (Fsp3) is 0.261. The van der Waals surface area contributed by atoms with Gasteiger partial charge >= 0.3 is 0 Å². The topological polar surface area (TPSA) is 75.7 Å². The summed E-state index contributed by atoms with van der Waals surface area (Å²) in [4.78, 5) is 38.5. The number of imide groups is 1. The van der Waals surface area contributed by atoms with Crippen LogP contribution in [0, 0.1) is 6.92 Å². The van der Waals surface area contributed by atoms with Gasteiger partial charge in [-0.15, -0.1) is 0 Å². The van der Waals surface area contributed by atoms with Crippen molar-refractivity contribution in [3.8, 4) is 5.75 Å². The number of amides is 3. The van der Waals surface area contributed by atoms with Crippen molar-refractivity contribution in [2.75, 3.05) is 11.9 Å². The predicted octanol–water partition coefficient (Wildman–Crippen LogP) is 4.85. The second-order valence-electron chi connectivity index (χ2n) is 7.04. The highest BCUT2D eigenvalue weighted by atomic mass is 32.2. The maximum atomic E-state index is 12.6. The lowest BCUT2D eigenvalue weighted by atomic mass is 10.2.